The number of aromatic nitrogens is 2. The van der Waals surface area contributed by atoms with E-state index in [0.717, 1.165) is 42.5 Å². The predicted molar refractivity (Wildman–Crippen MR) is 148 cm³/mol. The number of imidazole rings is 1. The summed E-state index contributed by atoms with van der Waals surface area (Å²) in [6, 6.07) is 16.8. The van der Waals surface area contributed by atoms with E-state index in [1.807, 2.05) is 18.5 Å². The Labute approximate surface area is 220 Å². The molecule has 2 N–H and O–H groups in total. The Morgan fingerprint density at radius 3 is 2.62 bits per heavy atom. The maximum Gasteiger partial charge on any atom is 0.191 e. The number of aliphatic imine (C=N–C) groups is 1. The van der Waals surface area contributed by atoms with E-state index in [4.69, 9.17) is 9.47 Å². The van der Waals surface area contributed by atoms with Crippen LogP contribution in [-0.4, -0.2) is 42.9 Å². The lowest BCUT2D eigenvalue weighted by Crippen LogP contribution is -2.37. The molecule has 0 amide bonds. The van der Waals surface area contributed by atoms with E-state index in [-0.39, 0.29) is 24.0 Å². The monoisotopic (exact) mass is 577 g/mol. The number of halogens is 1. The number of methoxy groups -OCH3 is 1. The summed E-state index contributed by atoms with van der Waals surface area (Å²) in [7, 11) is 3.48. The largest absolute Gasteiger partial charge is 0.493 e. The van der Waals surface area contributed by atoms with Crippen molar-refractivity contribution in [2.24, 2.45) is 4.99 Å². The minimum absolute atomic E-state index is 0. The summed E-state index contributed by atoms with van der Waals surface area (Å²) in [4.78, 5) is 8.87. The van der Waals surface area contributed by atoms with Gasteiger partial charge in [-0.25, -0.2) is 4.98 Å². The second-order valence-electron chi connectivity index (χ2n) is 7.86. The number of benzene rings is 2. The topological polar surface area (TPSA) is 72.7 Å². The molecular weight excluding hydrogens is 541 g/mol. The lowest BCUT2D eigenvalue weighted by molar-refractivity contribution is 0.171. The first-order chi connectivity index (χ1) is 16.2. The number of rotatable bonds is 12. The van der Waals surface area contributed by atoms with Crippen LogP contribution in [0.5, 0.6) is 5.75 Å². The van der Waals surface area contributed by atoms with Gasteiger partial charge in [-0.05, 0) is 30.5 Å². The second kappa shape index (κ2) is 15.3. The first kappa shape index (κ1) is 27.7. The highest BCUT2D eigenvalue weighted by Crippen LogP contribution is 2.20. The molecule has 2 aromatic carbocycles. The fourth-order valence-electron chi connectivity index (χ4n) is 3.49. The molecule has 0 aliphatic carbocycles. The van der Waals surface area contributed by atoms with Gasteiger partial charge in [0.1, 0.15) is 11.6 Å². The zero-order valence-corrected chi connectivity index (χ0v) is 22.6. The zero-order chi connectivity index (χ0) is 23.3. The lowest BCUT2D eigenvalue weighted by atomic mass is 10.1. The van der Waals surface area contributed by atoms with Gasteiger partial charge < -0.3 is 24.7 Å². The van der Waals surface area contributed by atoms with Gasteiger partial charge in [0.2, 0.25) is 0 Å². The third-order valence-electron chi connectivity index (χ3n) is 5.34. The summed E-state index contributed by atoms with van der Waals surface area (Å²) in [6.07, 6.45) is 5.70. The number of guanidine groups is 1. The van der Waals surface area contributed by atoms with Gasteiger partial charge in [-0.15, -0.1) is 24.0 Å². The van der Waals surface area contributed by atoms with E-state index in [2.05, 4.69) is 74.6 Å². The Morgan fingerprint density at radius 2 is 1.85 bits per heavy atom. The van der Waals surface area contributed by atoms with Gasteiger partial charge in [-0.1, -0.05) is 42.5 Å². The van der Waals surface area contributed by atoms with Crippen LogP contribution in [-0.2, 0) is 30.8 Å². The number of nitrogens with zero attached hydrogens (tertiary/aromatic N) is 3. The molecule has 1 heterocycles. The van der Waals surface area contributed by atoms with Crippen LogP contribution >= 0.6 is 24.0 Å². The number of aryl methyl sites for hydroxylation is 3. The van der Waals surface area contributed by atoms with Gasteiger partial charge in [0.15, 0.2) is 5.96 Å². The van der Waals surface area contributed by atoms with Crippen molar-refractivity contribution >= 4 is 29.9 Å². The molecule has 0 aliphatic rings. The van der Waals surface area contributed by atoms with Crippen LogP contribution in [0, 0.1) is 6.92 Å². The summed E-state index contributed by atoms with van der Waals surface area (Å²) >= 11 is 0. The fourth-order valence-corrected chi connectivity index (χ4v) is 3.49. The van der Waals surface area contributed by atoms with Gasteiger partial charge in [-0.2, -0.15) is 0 Å². The van der Waals surface area contributed by atoms with E-state index in [9.17, 15) is 0 Å². The molecule has 3 rings (SSSR count). The van der Waals surface area contributed by atoms with Crippen molar-refractivity contribution in [2.75, 3.05) is 27.4 Å². The molecule has 0 spiro atoms. The first-order valence-corrected chi connectivity index (χ1v) is 11.4. The number of ether oxygens (including phenoxy) is 2. The van der Waals surface area contributed by atoms with Gasteiger partial charge in [0, 0.05) is 58.2 Å². The van der Waals surface area contributed by atoms with Crippen molar-refractivity contribution in [3.8, 4) is 5.75 Å². The minimum atomic E-state index is 0. The summed E-state index contributed by atoms with van der Waals surface area (Å²) in [6.45, 7) is 5.48. The SMILES string of the molecule is CN=C(NCc1ccc(C)cc1OCCCOC)NCc1nccn1CCc1ccccc1.I. The molecule has 34 heavy (non-hydrogen) atoms. The lowest BCUT2D eigenvalue weighted by Gasteiger charge is -2.16. The van der Waals surface area contributed by atoms with Crippen molar-refractivity contribution in [3.63, 3.8) is 0 Å². The number of hydrogen-bond acceptors (Lipinski definition) is 4. The van der Waals surface area contributed by atoms with Crippen LogP contribution in [0.15, 0.2) is 65.9 Å². The molecule has 184 valence electrons. The van der Waals surface area contributed by atoms with Crippen LogP contribution in [0.1, 0.15) is 28.9 Å². The van der Waals surface area contributed by atoms with Crippen LogP contribution in [0.4, 0.5) is 0 Å². The normalized spacial score (nSPS) is 11.1. The summed E-state index contributed by atoms with van der Waals surface area (Å²) < 4.78 is 13.3. The molecule has 0 atom stereocenters. The average Bonchev–Trinajstić information content (AvgIpc) is 3.29. The maximum atomic E-state index is 5.99. The second-order valence-corrected chi connectivity index (χ2v) is 7.86. The fraction of sp³-hybridized carbons (Fsp3) is 0.385. The highest BCUT2D eigenvalue weighted by molar-refractivity contribution is 14.0. The molecule has 0 radical (unpaired) electrons. The highest BCUT2D eigenvalue weighted by atomic mass is 127. The molecule has 0 bridgehead atoms. The summed E-state index contributed by atoms with van der Waals surface area (Å²) in [5.74, 6) is 2.59. The average molecular weight is 578 g/mol. The van der Waals surface area contributed by atoms with Crippen LogP contribution < -0.4 is 15.4 Å². The van der Waals surface area contributed by atoms with Crippen molar-refractivity contribution in [1.29, 1.82) is 0 Å². The van der Waals surface area contributed by atoms with Gasteiger partial charge >= 0.3 is 0 Å². The molecule has 0 saturated heterocycles. The van der Waals surface area contributed by atoms with E-state index in [1.165, 1.54) is 11.1 Å². The van der Waals surface area contributed by atoms with E-state index in [0.29, 0.717) is 26.3 Å². The smallest absolute Gasteiger partial charge is 0.191 e. The molecule has 0 unspecified atom stereocenters. The third kappa shape index (κ3) is 8.98. The van der Waals surface area contributed by atoms with E-state index < -0.39 is 0 Å². The number of nitrogens with one attached hydrogen (secondary N) is 2. The van der Waals surface area contributed by atoms with Crippen molar-refractivity contribution < 1.29 is 9.47 Å². The molecule has 0 fully saturated rings. The Morgan fingerprint density at radius 1 is 1.06 bits per heavy atom. The minimum Gasteiger partial charge on any atom is -0.493 e. The van der Waals surface area contributed by atoms with Gasteiger partial charge in [0.25, 0.3) is 0 Å². The Bertz CT molecular complexity index is 1010. The zero-order valence-electron chi connectivity index (χ0n) is 20.3. The molecule has 0 aliphatic heterocycles. The Hall–Kier alpha value is -2.59. The number of hydrogen-bond donors (Lipinski definition) is 2. The molecule has 0 saturated carbocycles. The van der Waals surface area contributed by atoms with Crippen LogP contribution in [0.2, 0.25) is 0 Å². The maximum absolute atomic E-state index is 5.99. The van der Waals surface area contributed by atoms with E-state index >= 15 is 0 Å². The summed E-state index contributed by atoms with van der Waals surface area (Å²) in [5.41, 5.74) is 3.58. The molecule has 7 nitrogen and oxygen atoms in total. The van der Waals surface area contributed by atoms with Gasteiger partial charge in [0.05, 0.1) is 13.2 Å². The molecule has 1 aromatic heterocycles. The third-order valence-corrected chi connectivity index (χ3v) is 5.34. The van der Waals surface area contributed by atoms with Gasteiger partial charge in [-0.3, -0.25) is 4.99 Å². The summed E-state index contributed by atoms with van der Waals surface area (Å²) in [5, 5.41) is 6.75. The standard InChI is InChI=1S/C26H35N5O2.HI/c1-21-10-11-23(24(18-21)33-17-7-16-32-3)19-29-26(27-2)30-20-25-28-13-15-31(25)14-12-22-8-5-4-6-9-22;/h4-6,8-11,13,15,18H,7,12,14,16-17,19-20H2,1-3H3,(H2,27,29,30);1H. The first-order valence-electron chi connectivity index (χ1n) is 11.4. The predicted octanol–water partition coefficient (Wildman–Crippen LogP) is 4.33. The van der Waals surface area contributed by atoms with Crippen molar-refractivity contribution in [1.82, 2.24) is 20.2 Å². The molecular formula is C26H36IN5O2. The molecule has 8 heteroatoms. The Kier molecular flexibility index (Phi) is 12.5. The highest BCUT2D eigenvalue weighted by Gasteiger charge is 2.08. The van der Waals surface area contributed by atoms with Crippen LogP contribution in [0.3, 0.4) is 0 Å². The van der Waals surface area contributed by atoms with Crippen molar-refractivity contribution in [3.05, 3.63) is 83.4 Å². The van der Waals surface area contributed by atoms with Crippen LogP contribution in [0.25, 0.3) is 0 Å². The van der Waals surface area contributed by atoms with Crippen molar-refractivity contribution in [2.45, 2.75) is 39.4 Å². The Balaban J connectivity index is 0.00000408. The quantitative estimate of drug-likeness (QED) is 0.145. The molecule has 3 aromatic rings. The van der Waals surface area contributed by atoms with E-state index in [1.54, 1.807) is 14.2 Å².